The Morgan fingerprint density at radius 1 is 1.47 bits per heavy atom. The molecule has 1 rings (SSSR count). The van der Waals surface area contributed by atoms with Gasteiger partial charge < -0.3 is 4.74 Å². The number of thiocarbonyl (C=S) groups is 1. The van der Waals surface area contributed by atoms with Crippen molar-refractivity contribution in [2.75, 3.05) is 5.75 Å². The molecule has 0 aromatic heterocycles. The Balaban J connectivity index is 2.52. The lowest BCUT2D eigenvalue weighted by Gasteiger charge is -2.06. The summed E-state index contributed by atoms with van der Waals surface area (Å²) in [5.41, 5.74) is 1.46. The molecule has 0 saturated heterocycles. The molecular weight excluding hydrogens is 250 g/mol. The highest BCUT2D eigenvalue weighted by Gasteiger charge is 2.05. The van der Waals surface area contributed by atoms with E-state index in [9.17, 15) is 0 Å². The number of nitriles is 1. The highest BCUT2D eigenvalue weighted by molar-refractivity contribution is 8.02. The van der Waals surface area contributed by atoms with Gasteiger partial charge in [-0.15, -0.1) is 11.8 Å². The largest absolute Gasteiger partial charge is 0.477 e. The van der Waals surface area contributed by atoms with Gasteiger partial charge in [0.1, 0.15) is 18.2 Å². The number of thioether (sulfide) groups is 1. The fourth-order valence-electron chi connectivity index (χ4n) is 1.09. The zero-order valence-electron chi connectivity index (χ0n) is 9.55. The van der Waals surface area contributed by atoms with Crippen molar-refractivity contribution in [2.24, 2.45) is 0 Å². The summed E-state index contributed by atoms with van der Waals surface area (Å²) >= 11 is 6.60. The van der Waals surface area contributed by atoms with Crippen molar-refractivity contribution in [1.29, 1.82) is 5.26 Å². The van der Waals surface area contributed by atoms with E-state index in [4.69, 9.17) is 22.2 Å². The van der Waals surface area contributed by atoms with Crippen LogP contribution in [-0.4, -0.2) is 10.8 Å². The summed E-state index contributed by atoms with van der Waals surface area (Å²) < 4.78 is 5.41. The first-order valence-corrected chi connectivity index (χ1v) is 6.66. The van der Waals surface area contributed by atoms with Gasteiger partial charge in [-0.25, -0.2) is 0 Å². The standard InChI is InChI=1S/C13H13NOS2/c1-2-17-10-12(8-14)13(16)15-9-11-6-4-3-5-7-11/h3-7,10H,2,9H2,1H3. The first-order chi connectivity index (χ1) is 8.27. The molecule has 17 heavy (non-hydrogen) atoms. The van der Waals surface area contributed by atoms with Crippen LogP contribution in [0.2, 0.25) is 0 Å². The topological polar surface area (TPSA) is 33.0 Å². The highest BCUT2D eigenvalue weighted by atomic mass is 32.2. The van der Waals surface area contributed by atoms with Crippen molar-refractivity contribution in [3.05, 3.63) is 46.9 Å². The van der Waals surface area contributed by atoms with Crippen LogP contribution in [0.4, 0.5) is 0 Å². The van der Waals surface area contributed by atoms with Crippen molar-refractivity contribution in [3.8, 4) is 6.07 Å². The van der Waals surface area contributed by atoms with E-state index in [1.165, 1.54) is 11.8 Å². The minimum absolute atomic E-state index is 0.261. The maximum Gasteiger partial charge on any atom is 0.202 e. The predicted octanol–water partition coefficient (Wildman–Crippen LogP) is 3.69. The van der Waals surface area contributed by atoms with Crippen LogP contribution in [0.1, 0.15) is 12.5 Å². The molecule has 0 aliphatic rings. The van der Waals surface area contributed by atoms with E-state index in [0.717, 1.165) is 11.3 Å². The Hall–Kier alpha value is -1.31. The van der Waals surface area contributed by atoms with Crippen LogP contribution in [-0.2, 0) is 11.3 Å². The third kappa shape index (κ3) is 5.03. The van der Waals surface area contributed by atoms with Gasteiger partial charge in [-0.1, -0.05) is 37.3 Å². The first-order valence-electron chi connectivity index (χ1n) is 5.20. The van der Waals surface area contributed by atoms with Crippen LogP contribution in [0, 0.1) is 11.3 Å². The number of nitrogens with zero attached hydrogens (tertiary/aromatic N) is 1. The summed E-state index contributed by atoms with van der Waals surface area (Å²) in [5, 5.41) is 10.9. The zero-order chi connectivity index (χ0) is 12.5. The van der Waals surface area contributed by atoms with Gasteiger partial charge in [0, 0.05) is 0 Å². The molecule has 0 radical (unpaired) electrons. The smallest absolute Gasteiger partial charge is 0.202 e. The highest BCUT2D eigenvalue weighted by Crippen LogP contribution is 2.10. The summed E-state index contributed by atoms with van der Waals surface area (Å²) in [5.74, 6) is 0.909. The summed E-state index contributed by atoms with van der Waals surface area (Å²) in [6, 6.07) is 11.8. The summed E-state index contributed by atoms with van der Waals surface area (Å²) in [6.07, 6.45) is 0. The Bertz CT molecular complexity index is 434. The number of hydrogen-bond donors (Lipinski definition) is 0. The molecule has 0 atom stereocenters. The molecule has 0 spiro atoms. The van der Waals surface area contributed by atoms with E-state index in [1.807, 2.05) is 43.3 Å². The van der Waals surface area contributed by atoms with E-state index in [0.29, 0.717) is 12.2 Å². The molecule has 0 N–H and O–H groups in total. The molecule has 0 amide bonds. The third-order valence-electron chi connectivity index (χ3n) is 1.92. The van der Waals surface area contributed by atoms with Crippen LogP contribution in [0.15, 0.2) is 41.3 Å². The Kier molecular flexibility index (Phi) is 6.38. The van der Waals surface area contributed by atoms with Crippen LogP contribution < -0.4 is 0 Å². The minimum atomic E-state index is 0.261. The van der Waals surface area contributed by atoms with Gasteiger partial charge in [-0.05, 0) is 28.9 Å². The molecule has 4 heteroatoms. The summed E-state index contributed by atoms with van der Waals surface area (Å²) in [7, 11) is 0. The van der Waals surface area contributed by atoms with Crippen LogP contribution >= 0.6 is 24.0 Å². The molecular formula is C13H13NOS2. The van der Waals surface area contributed by atoms with E-state index in [1.54, 1.807) is 5.41 Å². The zero-order valence-corrected chi connectivity index (χ0v) is 11.2. The van der Waals surface area contributed by atoms with Crippen molar-refractivity contribution in [1.82, 2.24) is 0 Å². The van der Waals surface area contributed by atoms with Crippen molar-refractivity contribution < 1.29 is 4.74 Å². The number of rotatable bonds is 5. The van der Waals surface area contributed by atoms with Gasteiger partial charge in [-0.2, -0.15) is 5.26 Å². The van der Waals surface area contributed by atoms with Gasteiger partial charge in [0.05, 0.1) is 0 Å². The van der Waals surface area contributed by atoms with E-state index < -0.39 is 0 Å². The van der Waals surface area contributed by atoms with E-state index in [-0.39, 0.29) is 5.05 Å². The lowest BCUT2D eigenvalue weighted by atomic mass is 10.2. The molecule has 0 aliphatic heterocycles. The second-order valence-electron chi connectivity index (χ2n) is 3.16. The fraction of sp³-hybridized carbons (Fsp3) is 0.231. The SMILES string of the molecule is CCSC=C(C#N)C(=S)OCc1ccccc1. The first kappa shape index (κ1) is 13.8. The average Bonchev–Trinajstić information content (AvgIpc) is 2.38. The van der Waals surface area contributed by atoms with Crippen LogP contribution in [0.3, 0.4) is 0 Å². The Morgan fingerprint density at radius 2 is 2.18 bits per heavy atom. The van der Waals surface area contributed by atoms with Gasteiger partial charge in [0.25, 0.3) is 0 Å². The fourth-order valence-corrected chi connectivity index (χ4v) is 1.82. The molecule has 0 aliphatic carbocycles. The predicted molar refractivity (Wildman–Crippen MR) is 75.7 cm³/mol. The summed E-state index contributed by atoms with van der Waals surface area (Å²) in [6.45, 7) is 2.42. The van der Waals surface area contributed by atoms with Crippen molar-refractivity contribution >= 4 is 29.0 Å². The van der Waals surface area contributed by atoms with Crippen molar-refractivity contribution in [3.63, 3.8) is 0 Å². The quantitative estimate of drug-likeness (QED) is 0.461. The summed E-state index contributed by atoms with van der Waals surface area (Å²) in [4.78, 5) is 0. The minimum Gasteiger partial charge on any atom is -0.477 e. The average molecular weight is 263 g/mol. The van der Waals surface area contributed by atoms with Crippen LogP contribution in [0.25, 0.3) is 0 Å². The molecule has 1 aromatic carbocycles. The number of hydrogen-bond acceptors (Lipinski definition) is 4. The molecule has 2 nitrogen and oxygen atoms in total. The van der Waals surface area contributed by atoms with Crippen molar-refractivity contribution in [2.45, 2.75) is 13.5 Å². The van der Waals surface area contributed by atoms with Gasteiger partial charge in [0.15, 0.2) is 0 Å². The molecule has 0 heterocycles. The maximum atomic E-state index is 8.92. The number of benzene rings is 1. The van der Waals surface area contributed by atoms with E-state index >= 15 is 0 Å². The molecule has 1 aromatic rings. The van der Waals surface area contributed by atoms with E-state index in [2.05, 4.69) is 0 Å². The maximum absolute atomic E-state index is 8.92. The lowest BCUT2D eigenvalue weighted by molar-refractivity contribution is 0.302. The lowest BCUT2D eigenvalue weighted by Crippen LogP contribution is -2.04. The molecule has 0 fully saturated rings. The van der Waals surface area contributed by atoms with Gasteiger partial charge >= 0.3 is 0 Å². The number of ether oxygens (including phenoxy) is 1. The molecule has 0 saturated carbocycles. The molecule has 88 valence electrons. The normalized spacial score (nSPS) is 10.7. The third-order valence-corrected chi connectivity index (χ3v) is 2.99. The second kappa shape index (κ2) is 7.88. The van der Waals surface area contributed by atoms with Crippen LogP contribution in [0.5, 0.6) is 0 Å². The Labute approximate surface area is 111 Å². The molecule has 0 unspecified atom stereocenters. The molecule has 0 bridgehead atoms. The Morgan fingerprint density at radius 3 is 2.76 bits per heavy atom. The van der Waals surface area contributed by atoms with Gasteiger partial charge in [-0.3, -0.25) is 0 Å². The van der Waals surface area contributed by atoms with Gasteiger partial charge in [0.2, 0.25) is 5.05 Å². The second-order valence-corrected chi connectivity index (χ2v) is 4.68. The monoisotopic (exact) mass is 263 g/mol.